The van der Waals surface area contributed by atoms with Gasteiger partial charge in [-0.05, 0) is 30.5 Å². The van der Waals surface area contributed by atoms with Crippen molar-refractivity contribution in [1.29, 1.82) is 0 Å². The average molecular weight is 293 g/mol. The van der Waals surface area contributed by atoms with E-state index < -0.39 is 12.0 Å². The number of hydrogen-bond donors (Lipinski definition) is 2. The third-order valence-electron chi connectivity index (χ3n) is 3.76. The summed E-state index contributed by atoms with van der Waals surface area (Å²) in [6.07, 6.45) is 6.54. The lowest BCUT2D eigenvalue weighted by molar-refractivity contribution is -0.138. The predicted octanol–water partition coefficient (Wildman–Crippen LogP) is 2.50. The van der Waals surface area contributed by atoms with Crippen LogP contribution in [0.2, 0.25) is 0 Å². The summed E-state index contributed by atoms with van der Waals surface area (Å²) in [4.78, 5) is 10.8. The molecule has 1 aromatic carbocycles. The molecule has 1 saturated carbocycles. The maximum absolute atomic E-state index is 10.8. The smallest absolute Gasteiger partial charge is 0.325 e. The summed E-state index contributed by atoms with van der Waals surface area (Å²) in [7, 11) is 0. The molecule has 0 aliphatic heterocycles. The summed E-state index contributed by atoms with van der Waals surface area (Å²) in [6.45, 7) is 1.09. The first kappa shape index (κ1) is 15.8. The Bertz CT molecular complexity index is 440. The van der Waals surface area contributed by atoms with Crippen molar-refractivity contribution in [3.05, 3.63) is 29.8 Å². The lowest BCUT2D eigenvalue weighted by Gasteiger charge is -2.21. The fourth-order valence-electron chi connectivity index (χ4n) is 2.52. The number of ether oxygens (including phenoxy) is 2. The van der Waals surface area contributed by atoms with Crippen molar-refractivity contribution in [2.24, 2.45) is 5.73 Å². The molecule has 0 saturated heterocycles. The van der Waals surface area contributed by atoms with Crippen molar-refractivity contribution in [3.63, 3.8) is 0 Å². The Kier molecular flexibility index (Phi) is 6.02. The van der Waals surface area contributed by atoms with E-state index in [0.29, 0.717) is 30.6 Å². The van der Waals surface area contributed by atoms with Crippen molar-refractivity contribution < 1.29 is 19.4 Å². The van der Waals surface area contributed by atoms with Gasteiger partial charge in [0.15, 0.2) is 0 Å². The van der Waals surface area contributed by atoms with Crippen LogP contribution in [-0.2, 0) is 9.53 Å². The van der Waals surface area contributed by atoms with Crippen LogP contribution >= 0.6 is 0 Å². The molecule has 5 nitrogen and oxygen atoms in total. The fraction of sp³-hybridized carbons (Fsp3) is 0.562. The van der Waals surface area contributed by atoms with Crippen molar-refractivity contribution in [1.82, 2.24) is 0 Å². The first-order valence-electron chi connectivity index (χ1n) is 7.49. The first-order valence-corrected chi connectivity index (χ1v) is 7.49. The molecular formula is C16H23NO4. The molecule has 21 heavy (non-hydrogen) atoms. The molecule has 1 atom stereocenters. The summed E-state index contributed by atoms with van der Waals surface area (Å²) < 4.78 is 11.4. The second kappa shape index (κ2) is 8.00. The van der Waals surface area contributed by atoms with Crippen molar-refractivity contribution in [3.8, 4) is 5.75 Å². The maximum Gasteiger partial charge on any atom is 0.325 e. The molecule has 5 heteroatoms. The van der Waals surface area contributed by atoms with Gasteiger partial charge in [0.25, 0.3) is 0 Å². The molecule has 0 amide bonds. The fourth-order valence-corrected chi connectivity index (χ4v) is 2.52. The number of carboxylic acids is 1. The average Bonchev–Trinajstić information content (AvgIpc) is 2.52. The minimum Gasteiger partial charge on any atom is -0.491 e. The monoisotopic (exact) mass is 293 g/mol. The summed E-state index contributed by atoms with van der Waals surface area (Å²) in [5.74, 6) is -0.340. The third kappa shape index (κ3) is 5.02. The Morgan fingerprint density at radius 1 is 1.19 bits per heavy atom. The number of rotatable bonds is 7. The molecule has 116 valence electrons. The van der Waals surface area contributed by atoms with Crippen LogP contribution in [0.1, 0.15) is 43.7 Å². The van der Waals surface area contributed by atoms with E-state index in [1.54, 1.807) is 24.3 Å². The maximum atomic E-state index is 10.8. The standard InChI is InChI=1S/C16H23NO4/c17-15(16(18)19)12-6-8-14(9-7-12)21-11-10-20-13-4-2-1-3-5-13/h6-9,13,15H,1-5,10-11,17H2,(H,18,19)/t15-/m0/s1. The summed E-state index contributed by atoms with van der Waals surface area (Å²) in [5.41, 5.74) is 6.09. The third-order valence-corrected chi connectivity index (χ3v) is 3.76. The van der Waals surface area contributed by atoms with Crippen LogP contribution in [0.3, 0.4) is 0 Å². The minimum absolute atomic E-state index is 0.387. The van der Waals surface area contributed by atoms with Gasteiger partial charge >= 0.3 is 5.97 Å². The number of aliphatic carboxylic acids is 1. The number of carbonyl (C=O) groups is 1. The van der Waals surface area contributed by atoms with Gasteiger partial charge in [0, 0.05) is 0 Å². The van der Waals surface area contributed by atoms with E-state index in [-0.39, 0.29) is 0 Å². The molecule has 1 aliphatic carbocycles. The van der Waals surface area contributed by atoms with Gasteiger partial charge in [-0.1, -0.05) is 31.4 Å². The van der Waals surface area contributed by atoms with Gasteiger partial charge in [0.2, 0.25) is 0 Å². The Balaban J connectivity index is 1.69. The summed E-state index contributed by atoms with van der Waals surface area (Å²) >= 11 is 0. The van der Waals surface area contributed by atoms with Crippen LogP contribution in [-0.4, -0.2) is 30.4 Å². The molecular weight excluding hydrogens is 270 g/mol. The number of nitrogens with two attached hydrogens (primary N) is 1. The van der Waals surface area contributed by atoms with Gasteiger partial charge in [0.1, 0.15) is 18.4 Å². The summed E-state index contributed by atoms with van der Waals surface area (Å²) in [5, 5.41) is 8.83. The van der Waals surface area contributed by atoms with E-state index in [1.165, 1.54) is 19.3 Å². The second-order valence-corrected chi connectivity index (χ2v) is 5.36. The van der Waals surface area contributed by atoms with Gasteiger partial charge < -0.3 is 20.3 Å². The zero-order valence-electron chi connectivity index (χ0n) is 12.2. The van der Waals surface area contributed by atoms with Crippen LogP contribution in [0.5, 0.6) is 5.75 Å². The highest BCUT2D eigenvalue weighted by Gasteiger charge is 2.14. The molecule has 0 unspecified atom stereocenters. The van der Waals surface area contributed by atoms with Gasteiger partial charge in [-0.3, -0.25) is 4.79 Å². The number of hydrogen-bond acceptors (Lipinski definition) is 4. The van der Waals surface area contributed by atoms with Crippen molar-refractivity contribution >= 4 is 5.97 Å². The van der Waals surface area contributed by atoms with E-state index in [2.05, 4.69) is 0 Å². The highest BCUT2D eigenvalue weighted by Crippen LogP contribution is 2.20. The highest BCUT2D eigenvalue weighted by molar-refractivity contribution is 5.75. The van der Waals surface area contributed by atoms with E-state index in [9.17, 15) is 4.79 Å². The van der Waals surface area contributed by atoms with Gasteiger partial charge in [-0.2, -0.15) is 0 Å². The molecule has 2 rings (SSSR count). The number of benzene rings is 1. The predicted molar refractivity (Wildman–Crippen MR) is 79.3 cm³/mol. The SMILES string of the molecule is N[C@H](C(=O)O)c1ccc(OCCOC2CCCCC2)cc1. The molecule has 0 bridgehead atoms. The van der Waals surface area contributed by atoms with Crippen LogP contribution < -0.4 is 10.5 Å². The van der Waals surface area contributed by atoms with Crippen LogP contribution in [0.25, 0.3) is 0 Å². The number of carboxylic acid groups (broad SMARTS) is 1. The second-order valence-electron chi connectivity index (χ2n) is 5.36. The molecule has 0 heterocycles. The lowest BCUT2D eigenvalue weighted by atomic mass is 9.98. The molecule has 0 radical (unpaired) electrons. The first-order chi connectivity index (χ1) is 10.2. The topological polar surface area (TPSA) is 81.8 Å². The zero-order chi connectivity index (χ0) is 15.1. The Labute approximate surface area is 125 Å². The van der Waals surface area contributed by atoms with Crippen LogP contribution in [0.4, 0.5) is 0 Å². The minimum atomic E-state index is -1.04. The summed E-state index contributed by atoms with van der Waals surface area (Å²) in [6, 6.07) is 5.83. The van der Waals surface area contributed by atoms with Crippen molar-refractivity contribution in [2.45, 2.75) is 44.2 Å². The Morgan fingerprint density at radius 2 is 1.86 bits per heavy atom. The van der Waals surface area contributed by atoms with E-state index in [0.717, 1.165) is 12.8 Å². The Hall–Kier alpha value is -1.59. The zero-order valence-corrected chi connectivity index (χ0v) is 12.2. The molecule has 1 aliphatic rings. The molecule has 1 aromatic rings. The normalized spacial score (nSPS) is 17.4. The van der Waals surface area contributed by atoms with Crippen LogP contribution in [0, 0.1) is 0 Å². The molecule has 1 fully saturated rings. The van der Waals surface area contributed by atoms with E-state index >= 15 is 0 Å². The molecule has 0 aromatic heterocycles. The quantitative estimate of drug-likeness (QED) is 0.755. The molecule has 0 spiro atoms. The van der Waals surface area contributed by atoms with Crippen molar-refractivity contribution in [2.75, 3.05) is 13.2 Å². The van der Waals surface area contributed by atoms with Crippen LogP contribution in [0.15, 0.2) is 24.3 Å². The van der Waals surface area contributed by atoms with E-state index in [4.69, 9.17) is 20.3 Å². The largest absolute Gasteiger partial charge is 0.491 e. The van der Waals surface area contributed by atoms with Gasteiger partial charge in [0.05, 0.1) is 12.7 Å². The Morgan fingerprint density at radius 3 is 2.48 bits per heavy atom. The molecule has 3 N–H and O–H groups in total. The van der Waals surface area contributed by atoms with Gasteiger partial charge in [-0.15, -0.1) is 0 Å². The van der Waals surface area contributed by atoms with E-state index in [1.807, 2.05) is 0 Å². The lowest BCUT2D eigenvalue weighted by Crippen LogP contribution is -2.20. The highest BCUT2D eigenvalue weighted by atomic mass is 16.5. The van der Waals surface area contributed by atoms with Gasteiger partial charge in [-0.25, -0.2) is 0 Å².